The Balaban J connectivity index is 0. The van der Waals surface area contributed by atoms with E-state index in [2.05, 4.69) is 80.9 Å². The molecule has 0 radical (unpaired) electrons. The normalized spacial score (nSPS) is 15.8. The molecule has 7 nitrogen and oxygen atoms in total. The lowest BCUT2D eigenvalue weighted by Crippen LogP contribution is -2.45. The average molecular weight is 729 g/mol. The van der Waals surface area contributed by atoms with Gasteiger partial charge >= 0.3 is 0 Å². The van der Waals surface area contributed by atoms with Crippen molar-refractivity contribution >= 4 is 15.9 Å². The van der Waals surface area contributed by atoms with Crippen LogP contribution in [0.15, 0.2) is 70.5 Å². The molecule has 0 aromatic carbocycles. The fourth-order valence-corrected chi connectivity index (χ4v) is 6.81. The molecule has 2 aliphatic carbocycles. The molecule has 51 heavy (non-hydrogen) atoms. The van der Waals surface area contributed by atoms with Crippen molar-refractivity contribution in [3.05, 3.63) is 70.5 Å². The van der Waals surface area contributed by atoms with Crippen LogP contribution in [0.5, 0.6) is 0 Å². The minimum absolute atomic E-state index is 0.124. The minimum atomic E-state index is -3.69. The first-order valence-corrected chi connectivity index (χ1v) is 20.9. The molecule has 0 unspecified atom stereocenters. The molecule has 0 spiro atoms. The fraction of sp³-hybridized carbons (Fsp3) is 0.651. The van der Waals surface area contributed by atoms with Gasteiger partial charge in [0.05, 0.1) is 11.4 Å². The molecule has 1 saturated heterocycles. The summed E-state index contributed by atoms with van der Waals surface area (Å²) >= 11 is 0. The highest BCUT2D eigenvalue weighted by Crippen LogP contribution is 2.32. The molecule has 1 amide bonds. The number of hydrogen-bond donors (Lipinski definition) is 2. The SMILES string of the molecule is C#C.C=C/C=C(\C)S(=O)(=O)N(CC(C)C)CC(C)(C)/C(=C/C1=CCCC=C1)NC(=O)CNC(CN1CCCC1)=C1CC1.CC.CCC.CCCC. The van der Waals surface area contributed by atoms with Crippen molar-refractivity contribution in [3.8, 4) is 12.8 Å². The first kappa shape index (κ1) is 50.2. The number of nitrogens with one attached hydrogen (secondary N) is 2. The third-order valence-electron chi connectivity index (χ3n) is 8.05. The van der Waals surface area contributed by atoms with E-state index in [9.17, 15) is 13.2 Å². The van der Waals surface area contributed by atoms with Gasteiger partial charge in [-0.1, -0.05) is 119 Å². The summed E-state index contributed by atoms with van der Waals surface area (Å²) in [5.74, 6) is 0.0164. The molecular weight excluding hydrogens is 653 g/mol. The summed E-state index contributed by atoms with van der Waals surface area (Å²) in [5, 5.41) is 6.61. The van der Waals surface area contributed by atoms with Gasteiger partial charge in [-0.3, -0.25) is 9.69 Å². The summed E-state index contributed by atoms with van der Waals surface area (Å²) in [5.41, 5.74) is 3.69. The average Bonchev–Trinajstić information content (AvgIpc) is 3.83. The maximum Gasteiger partial charge on any atom is 0.243 e. The van der Waals surface area contributed by atoms with Gasteiger partial charge in [0.1, 0.15) is 0 Å². The number of nitrogens with zero attached hydrogens (tertiary/aromatic N) is 2. The number of sulfonamides is 1. The lowest BCUT2D eigenvalue weighted by molar-refractivity contribution is -0.119. The Morgan fingerprint density at radius 1 is 1.06 bits per heavy atom. The molecule has 2 fully saturated rings. The van der Waals surface area contributed by atoms with Gasteiger partial charge in [0.2, 0.25) is 15.9 Å². The Kier molecular flexibility index (Phi) is 28.3. The summed E-state index contributed by atoms with van der Waals surface area (Å²) in [6.07, 6.45) is 29.9. The van der Waals surface area contributed by atoms with Gasteiger partial charge in [-0.25, -0.2) is 8.42 Å². The van der Waals surface area contributed by atoms with E-state index in [4.69, 9.17) is 0 Å². The van der Waals surface area contributed by atoms with Gasteiger partial charge in [-0.05, 0) is 87.8 Å². The number of terminal acetylenes is 1. The first-order chi connectivity index (χ1) is 24.2. The van der Waals surface area contributed by atoms with E-state index in [1.807, 2.05) is 47.6 Å². The molecule has 3 rings (SSSR count). The van der Waals surface area contributed by atoms with Crippen LogP contribution in [0.4, 0.5) is 0 Å². The molecule has 1 aliphatic heterocycles. The number of hydrogen-bond acceptors (Lipinski definition) is 5. The Bertz CT molecular complexity index is 1270. The van der Waals surface area contributed by atoms with Crippen molar-refractivity contribution in [1.29, 1.82) is 0 Å². The molecular formula is C43H76N4O3S. The van der Waals surface area contributed by atoms with Gasteiger partial charge in [0.15, 0.2) is 0 Å². The maximum absolute atomic E-state index is 13.5. The second kappa shape index (κ2) is 28.7. The van der Waals surface area contributed by atoms with E-state index in [-0.39, 0.29) is 29.8 Å². The second-order valence-corrected chi connectivity index (χ2v) is 16.1. The van der Waals surface area contributed by atoms with Gasteiger partial charge < -0.3 is 10.6 Å². The van der Waals surface area contributed by atoms with E-state index in [1.165, 1.54) is 55.5 Å². The van der Waals surface area contributed by atoms with Crippen molar-refractivity contribution in [1.82, 2.24) is 19.8 Å². The van der Waals surface area contributed by atoms with Crippen LogP contribution < -0.4 is 10.6 Å². The predicted molar refractivity (Wildman–Crippen MR) is 223 cm³/mol. The van der Waals surface area contributed by atoms with E-state index in [0.29, 0.717) is 12.2 Å². The lowest BCUT2D eigenvalue weighted by Gasteiger charge is -2.35. The molecule has 0 bridgehead atoms. The predicted octanol–water partition coefficient (Wildman–Crippen LogP) is 9.90. The number of carbonyl (C=O) groups excluding carboxylic acids is 1. The zero-order chi connectivity index (χ0) is 39.5. The molecule has 0 atom stereocenters. The molecule has 1 heterocycles. The van der Waals surface area contributed by atoms with Gasteiger partial charge in [-0.2, -0.15) is 4.31 Å². The molecule has 8 heteroatoms. The van der Waals surface area contributed by atoms with Crippen LogP contribution in [0.25, 0.3) is 0 Å². The van der Waals surface area contributed by atoms with E-state index < -0.39 is 15.4 Å². The zero-order valence-corrected chi connectivity index (χ0v) is 35.4. The fourth-order valence-electron chi connectivity index (χ4n) is 5.15. The van der Waals surface area contributed by atoms with Gasteiger partial charge in [-0.15, -0.1) is 12.8 Å². The number of unbranched alkanes of at least 4 members (excludes halogenated alkanes) is 1. The van der Waals surface area contributed by atoms with E-state index >= 15 is 0 Å². The summed E-state index contributed by atoms with van der Waals surface area (Å²) in [4.78, 5) is 16.1. The van der Waals surface area contributed by atoms with Crippen molar-refractivity contribution in [2.24, 2.45) is 11.3 Å². The highest BCUT2D eigenvalue weighted by molar-refractivity contribution is 7.93. The van der Waals surface area contributed by atoms with Crippen LogP contribution in [0.3, 0.4) is 0 Å². The van der Waals surface area contributed by atoms with Crippen molar-refractivity contribution < 1.29 is 13.2 Å². The van der Waals surface area contributed by atoms with Crippen molar-refractivity contribution in [2.45, 2.75) is 134 Å². The van der Waals surface area contributed by atoms with Crippen LogP contribution in [0.2, 0.25) is 0 Å². The molecule has 2 N–H and O–H groups in total. The third kappa shape index (κ3) is 21.3. The van der Waals surface area contributed by atoms with E-state index in [0.717, 1.165) is 50.9 Å². The Morgan fingerprint density at radius 3 is 2.08 bits per heavy atom. The van der Waals surface area contributed by atoms with Gasteiger partial charge in [0, 0.05) is 36.4 Å². The van der Waals surface area contributed by atoms with Crippen LogP contribution in [-0.2, 0) is 14.8 Å². The monoisotopic (exact) mass is 729 g/mol. The Labute approximate surface area is 315 Å². The highest BCUT2D eigenvalue weighted by atomic mass is 32.2. The van der Waals surface area contributed by atoms with Crippen LogP contribution >= 0.6 is 0 Å². The Morgan fingerprint density at radius 2 is 1.63 bits per heavy atom. The zero-order valence-electron chi connectivity index (χ0n) is 34.5. The first-order valence-electron chi connectivity index (χ1n) is 19.4. The Hall–Kier alpha value is -2.86. The number of carbonyl (C=O) groups is 1. The third-order valence-corrected chi connectivity index (χ3v) is 9.96. The topological polar surface area (TPSA) is 81.8 Å². The number of likely N-dealkylation sites (tertiary alicyclic amines) is 1. The van der Waals surface area contributed by atoms with Crippen molar-refractivity contribution in [2.75, 3.05) is 39.3 Å². The molecule has 0 aromatic rings. The van der Waals surface area contributed by atoms with Crippen LogP contribution in [0, 0.1) is 24.2 Å². The smallest absolute Gasteiger partial charge is 0.243 e. The minimum Gasteiger partial charge on any atom is -0.378 e. The number of rotatable bonds is 16. The largest absolute Gasteiger partial charge is 0.378 e. The second-order valence-electron chi connectivity index (χ2n) is 14.0. The molecule has 0 aromatic heterocycles. The number of allylic oxidation sites excluding steroid dienone is 9. The maximum atomic E-state index is 13.5. The summed E-state index contributed by atoms with van der Waals surface area (Å²) in [6, 6.07) is 0. The molecule has 1 saturated carbocycles. The van der Waals surface area contributed by atoms with Crippen LogP contribution in [0.1, 0.15) is 134 Å². The summed E-state index contributed by atoms with van der Waals surface area (Å²) in [6.45, 7) is 29.8. The summed E-state index contributed by atoms with van der Waals surface area (Å²) in [7, 11) is -3.69. The van der Waals surface area contributed by atoms with Crippen molar-refractivity contribution in [3.63, 3.8) is 0 Å². The number of amides is 1. The van der Waals surface area contributed by atoms with E-state index in [1.54, 1.807) is 11.2 Å². The molecule has 3 aliphatic rings. The lowest BCUT2D eigenvalue weighted by atomic mass is 9.86. The van der Waals surface area contributed by atoms with Gasteiger partial charge in [0.25, 0.3) is 0 Å². The quantitative estimate of drug-likeness (QED) is 0.122. The summed E-state index contributed by atoms with van der Waals surface area (Å²) < 4.78 is 28.6. The highest BCUT2D eigenvalue weighted by Gasteiger charge is 2.34. The standard InChI is InChI=1S/C32H50N4O3S.C4H10.C3H8.C2H6.C2H2/c1-7-13-26(4)40(38,39)36(22-25(2)3)24-32(5,6)30(20-27-14-9-8-10-15-27)34-31(37)21-33-29(28-16-17-28)23-35-18-11-12-19-35;1-3-4-2;1-3-2;2*1-2/h7,9,13-15,20,25,33H,1,8,10-12,16-19,21-24H2,2-6H3,(H,34,37);3-4H2,1-2H3;3H2,1-2H3;1-2H3;1-2H/b26-13+,30-20-;;;;. The molecule has 292 valence electrons. The van der Waals surface area contributed by atoms with Crippen LogP contribution in [-0.4, -0.2) is 62.8 Å².